The first-order chi connectivity index (χ1) is 10.1. The first kappa shape index (κ1) is 15.5. The summed E-state index contributed by atoms with van der Waals surface area (Å²) in [6, 6.07) is 10.9. The molecule has 4 nitrogen and oxygen atoms in total. The van der Waals surface area contributed by atoms with Crippen LogP contribution in [0.25, 0.3) is 0 Å². The molecule has 0 aliphatic rings. The summed E-state index contributed by atoms with van der Waals surface area (Å²) in [5, 5.41) is 9.93. The first-order valence-corrected chi connectivity index (χ1v) is 8.61. The summed E-state index contributed by atoms with van der Waals surface area (Å²) < 4.78 is 11.0. The summed E-state index contributed by atoms with van der Waals surface area (Å²) in [5.41, 5.74) is 0.714. The molecule has 0 amide bonds. The second-order valence-electron chi connectivity index (χ2n) is 4.75. The number of hydrogen-bond donors (Lipinski definition) is 1. The molecule has 0 aliphatic heterocycles. The van der Waals surface area contributed by atoms with E-state index in [-0.39, 0.29) is 24.2 Å². The summed E-state index contributed by atoms with van der Waals surface area (Å²) in [6.07, 6.45) is 5.38. The Morgan fingerprint density at radius 2 is 2.05 bits per heavy atom. The van der Waals surface area contributed by atoms with Gasteiger partial charge in [0, 0.05) is 6.07 Å². The van der Waals surface area contributed by atoms with Crippen molar-refractivity contribution >= 4 is 13.8 Å². The van der Waals surface area contributed by atoms with E-state index in [1.54, 1.807) is 0 Å². The van der Waals surface area contributed by atoms with Crippen molar-refractivity contribution in [2.45, 2.75) is 18.9 Å². The van der Waals surface area contributed by atoms with Crippen molar-refractivity contribution in [3.8, 4) is 5.75 Å². The van der Waals surface area contributed by atoms with Crippen LogP contribution in [0.4, 0.5) is 0 Å². The summed E-state index contributed by atoms with van der Waals surface area (Å²) in [6.45, 7) is 2.15. The highest BCUT2D eigenvalue weighted by atomic mass is 31.1. The zero-order chi connectivity index (χ0) is 15.2. The molecular weight excluding hydrogens is 287 g/mol. The molecule has 0 aliphatic carbocycles. The van der Waals surface area contributed by atoms with Crippen LogP contribution in [0.15, 0.2) is 51.9 Å². The van der Waals surface area contributed by atoms with Gasteiger partial charge in [-0.05, 0) is 5.56 Å². The normalized spacial score (nSPS) is 12.8. The monoisotopic (exact) mass is 305 g/mol. The molecule has 2 unspecified atom stereocenters. The molecule has 2 atom stereocenters. The lowest BCUT2D eigenvalue weighted by atomic mass is 10.2. The number of aliphatic hydroxyl groups is 1. The Labute approximate surface area is 124 Å². The lowest BCUT2D eigenvalue weighted by Crippen LogP contribution is -2.13. The second-order valence-corrected chi connectivity index (χ2v) is 6.86. The molecule has 5 heteroatoms. The maximum absolute atomic E-state index is 11.9. The van der Waals surface area contributed by atoms with Crippen molar-refractivity contribution in [1.82, 2.24) is 0 Å². The van der Waals surface area contributed by atoms with Crippen LogP contribution in [0.2, 0.25) is 0 Å². The lowest BCUT2D eigenvalue weighted by molar-refractivity contribution is 0.235. The average Bonchev–Trinajstić information content (AvgIpc) is 2.47. The maximum Gasteiger partial charge on any atom is 0.227 e. The third-order valence-electron chi connectivity index (χ3n) is 3.01. The van der Waals surface area contributed by atoms with Crippen LogP contribution in [0, 0.1) is 0 Å². The van der Waals surface area contributed by atoms with Gasteiger partial charge in [0.05, 0.1) is 25.6 Å². The quantitative estimate of drug-likeness (QED) is 0.834. The summed E-state index contributed by atoms with van der Waals surface area (Å²) in [4.78, 5) is 11.9. The van der Waals surface area contributed by atoms with E-state index in [2.05, 4.69) is 6.30 Å². The third kappa shape index (κ3) is 4.28. The van der Waals surface area contributed by atoms with Gasteiger partial charge in [-0.3, -0.25) is 4.79 Å². The number of ether oxygens (including phenoxy) is 1. The Bertz CT molecular complexity index is 663. The fraction of sp³-hybridized carbons (Fsp3) is 0.250. The van der Waals surface area contributed by atoms with Crippen molar-refractivity contribution in [3.05, 3.63) is 64.2 Å². The highest BCUT2D eigenvalue weighted by molar-refractivity contribution is 7.55. The van der Waals surface area contributed by atoms with E-state index < -0.39 is 13.4 Å². The highest BCUT2D eigenvalue weighted by Gasteiger charge is 2.21. The standard InChI is InChI=1S/C16H18O4P/c1-21(2)15(18)10-14-16(13(17)8-9-19-14)20-11-12-6-4-3-5-7-12/h3-9,15,18H,1,10-11H2,2H3/q+1. The van der Waals surface area contributed by atoms with Gasteiger partial charge in [-0.25, -0.2) is 0 Å². The van der Waals surface area contributed by atoms with Crippen molar-refractivity contribution in [1.29, 1.82) is 0 Å². The van der Waals surface area contributed by atoms with Gasteiger partial charge in [-0.1, -0.05) is 30.3 Å². The van der Waals surface area contributed by atoms with Crippen LogP contribution < -0.4 is 10.2 Å². The molecule has 2 rings (SSSR count). The lowest BCUT2D eigenvalue weighted by Gasteiger charge is -2.10. The smallest absolute Gasteiger partial charge is 0.227 e. The van der Waals surface area contributed by atoms with E-state index >= 15 is 0 Å². The van der Waals surface area contributed by atoms with Gasteiger partial charge < -0.3 is 14.3 Å². The maximum atomic E-state index is 11.9. The average molecular weight is 305 g/mol. The molecule has 0 spiro atoms. The van der Waals surface area contributed by atoms with E-state index in [4.69, 9.17) is 9.15 Å². The van der Waals surface area contributed by atoms with Crippen molar-refractivity contribution in [2.24, 2.45) is 0 Å². The van der Waals surface area contributed by atoms with E-state index in [9.17, 15) is 9.90 Å². The zero-order valence-corrected chi connectivity index (χ0v) is 12.8. The van der Waals surface area contributed by atoms with Gasteiger partial charge in [-0.2, -0.15) is 0 Å². The summed E-state index contributed by atoms with van der Waals surface area (Å²) >= 11 is 0. The molecule has 1 heterocycles. The van der Waals surface area contributed by atoms with E-state index in [1.807, 2.05) is 37.0 Å². The molecule has 1 aromatic heterocycles. The molecule has 0 saturated heterocycles. The van der Waals surface area contributed by atoms with Crippen LogP contribution in [-0.2, 0) is 13.0 Å². The predicted molar refractivity (Wildman–Crippen MR) is 85.4 cm³/mol. The van der Waals surface area contributed by atoms with E-state index in [0.29, 0.717) is 5.76 Å². The minimum Gasteiger partial charge on any atom is -0.482 e. The van der Waals surface area contributed by atoms with Crippen LogP contribution >= 0.6 is 7.55 Å². The largest absolute Gasteiger partial charge is 0.482 e. The molecule has 21 heavy (non-hydrogen) atoms. The highest BCUT2D eigenvalue weighted by Crippen LogP contribution is 2.26. The van der Waals surface area contributed by atoms with Crippen molar-refractivity contribution < 1.29 is 14.3 Å². The third-order valence-corrected chi connectivity index (χ3v) is 4.21. The summed E-state index contributed by atoms with van der Waals surface area (Å²) in [7, 11) is -0.773. The van der Waals surface area contributed by atoms with Crippen LogP contribution in [0.5, 0.6) is 5.75 Å². The van der Waals surface area contributed by atoms with E-state index in [0.717, 1.165) is 5.56 Å². The second kappa shape index (κ2) is 7.21. The molecule has 1 aromatic carbocycles. The number of aliphatic hydroxyl groups excluding tert-OH is 1. The molecule has 2 aromatic rings. The van der Waals surface area contributed by atoms with Gasteiger partial charge in [0.25, 0.3) is 0 Å². The Hall–Kier alpha value is -1.90. The van der Waals surface area contributed by atoms with Crippen LogP contribution in [0.1, 0.15) is 11.3 Å². The Morgan fingerprint density at radius 1 is 1.33 bits per heavy atom. The van der Waals surface area contributed by atoms with Crippen LogP contribution in [0.3, 0.4) is 0 Å². The SMILES string of the molecule is C=[P+](C)C(O)Cc1occc(=O)c1OCc1ccccc1. The molecule has 0 saturated carbocycles. The Kier molecular flexibility index (Phi) is 5.32. The van der Waals surface area contributed by atoms with Gasteiger partial charge in [0.15, 0.2) is 5.76 Å². The van der Waals surface area contributed by atoms with Crippen molar-refractivity contribution in [3.63, 3.8) is 0 Å². The molecule has 1 N–H and O–H groups in total. The van der Waals surface area contributed by atoms with Gasteiger partial charge >= 0.3 is 0 Å². The Balaban J connectivity index is 2.18. The number of hydrogen-bond acceptors (Lipinski definition) is 4. The first-order valence-electron chi connectivity index (χ1n) is 6.56. The molecule has 0 radical (unpaired) electrons. The van der Waals surface area contributed by atoms with Gasteiger partial charge in [0.2, 0.25) is 17.0 Å². The molecule has 110 valence electrons. The van der Waals surface area contributed by atoms with Gasteiger partial charge in [0.1, 0.15) is 14.2 Å². The van der Waals surface area contributed by atoms with E-state index in [1.165, 1.54) is 12.3 Å². The summed E-state index contributed by atoms with van der Waals surface area (Å²) in [5.74, 6) is -0.0918. The van der Waals surface area contributed by atoms with Crippen LogP contribution in [-0.4, -0.2) is 23.9 Å². The molecule has 0 fully saturated rings. The fourth-order valence-corrected chi connectivity index (χ4v) is 2.27. The molecular formula is C16H18O4P+. The fourth-order valence-electron chi connectivity index (χ4n) is 1.79. The number of benzene rings is 1. The topological polar surface area (TPSA) is 59.7 Å². The minimum atomic E-state index is -0.773. The molecule has 0 bridgehead atoms. The number of rotatable bonds is 6. The van der Waals surface area contributed by atoms with Crippen molar-refractivity contribution in [2.75, 3.05) is 6.66 Å². The predicted octanol–water partition coefficient (Wildman–Crippen LogP) is 2.62. The Morgan fingerprint density at radius 3 is 2.71 bits per heavy atom. The minimum absolute atomic E-state index is 0.164. The zero-order valence-electron chi connectivity index (χ0n) is 11.9. The van der Waals surface area contributed by atoms with Gasteiger partial charge in [-0.15, -0.1) is 0 Å².